The number of Topliss-reactive ketones (excluding diaryl/α,β-unsaturated/α-hetero) is 1. The normalized spacial score (nSPS) is 15.5. The minimum absolute atomic E-state index is 0.0801. The number of carbonyl (C=O) groups is 1. The Morgan fingerprint density at radius 2 is 2.10 bits per heavy atom. The average Bonchev–Trinajstić information content (AvgIpc) is 3.12. The van der Waals surface area contributed by atoms with Crippen LogP contribution in [0.1, 0.15) is 53.3 Å². The lowest BCUT2D eigenvalue weighted by Gasteiger charge is -2.09. The molecular weight excluding hydrogens is 262 g/mol. The predicted octanol–water partition coefficient (Wildman–Crippen LogP) is 3.31. The topological polar surface area (TPSA) is 60.9 Å². The molecule has 3 rings (SSSR count). The Labute approximate surface area is 125 Å². The van der Waals surface area contributed by atoms with Crippen molar-refractivity contribution in [3.8, 4) is 0 Å². The summed E-state index contributed by atoms with van der Waals surface area (Å²) in [5.41, 5.74) is 8.93. The van der Waals surface area contributed by atoms with Crippen LogP contribution in [-0.4, -0.2) is 15.6 Å². The molecule has 0 spiro atoms. The molecule has 0 radical (unpaired) electrons. The summed E-state index contributed by atoms with van der Waals surface area (Å²) in [6, 6.07) is 7.95. The zero-order valence-electron chi connectivity index (χ0n) is 12.4. The largest absolute Gasteiger partial charge is 0.398 e. The molecule has 0 unspecified atom stereocenters. The van der Waals surface area contributed by atoms with E-state index in [1.54, 1.807) is 0 Å². The van der Waals surface area contributed by atoms with Gasteiger partial charge in [-0.3, -0.25) is 9.48 Å². The second-order valence-electron chi connectivity index (χ2n) is 5.85. The second kappa shape index (κ2) is 5.72. The van der Waals surface area contributed by atoms with E-state index in [2.05, 4.69) is 5.10 Å². The summed E-state index contributed by atoms with van der Waals surface area (Å²) in [5, 5.41) is 4.57. The van der Waals surface area contributed by atoms with E-state index in [9.17, 15) is 4.79 Å². The van der Waals surface area contributed by atoms with Crippen LogP contribution in [0, 0.1) is 6.92 Å². The SMILES string of the molecule is Cc1c(N)cccc1C(=O)Cc1ccn(C2CCCC2)n1. The van der Waals surface area contributed by atoms with Crippen LogP contribution in [-0.2, 0) is 6.42 Å². The first-order valence-electron chi connectivity index (χ1n) is 7.57. The van der Waals surface area contributed by atoms with Crippen molar-refractivity contribution >= 4 is 11.5 Å². The third kappa shape index (κ3) is 2.84. The third-order valence-electron chi connectivity index (χ3n) is 4.38. The number of ketones is 1. The summed E-state index contributed by atoms with van der Waals surface area (Å²) in [7, 11) is 0. The van der Waals surface area contributed by atoms with Crippen molar-refractivity contribution in [3.05, 3.63) is 47.3 Å². The number of carbonyl (C=O) groups excluding carboxylic acids is 1. The molecule has 1 aliphatic rings. The van der Waals surface area contributed by atoms with Crippen LogP contribution in [0.3, 0.4) is 0 Å². The van der Waals surface area contributed by atoms with Gasteiger partial charge in [-0.2, -0.15) is 5.10 Å². The van der Waals surface area contributed by atoms with Gasteiger partial charge in [-0.05, 0) is 37.5 Å². The highest BCUT2D eigenvalue weighted by Crippen LogP contribution is 2.28. The number of benzene rings is 1. The van der Waals surface area contributed by atoms with Gasteiger partial charge in [0.15, 0.2) is 5.78 Å². The van der Waals surface area contributed by atoms with Crippen molar-refractivity contribution in [3.63, 3.8) is 0 Å². The molecule has 0 saturated heterocycles. The van der Waals surface area contributed by atoms with E-state index in [1.165, 1.54) is 25.7 Å². The van der Waals surface area contributed by atoms with Gasteiger partial charge < -0.3 is 5.73 Å². The number of rotatable bonds is 4. The fourth-order valence-electron chi connectivity index (χ4n) is 3.06. The van der Waals surface area contributed by atoms with Crippen LogP contribution in [0.25, 0.3) is 0 Å². The van der Waals surface area contributed by atoms with Crippen LogP contribution >= 0.6 is 0 Å². The highest BCUT2D eigenvalue weighted by atomic mass is 16.1. The summed E-state index contributed by atoms with van der Waals surface area (Å²) < 4.78 is 2.03. The molecule has 0 aliphatic heterocycles. The number of aromatic nitrogens is 2. The molecule has 1 aromatic heterocycles. The van der Waals surface area contributed by atoms with Gasteiger partial charge in [-0.25, -0.2) is 0 Å². The number of hydrogen-bond acceptors (Lipinski definition) is 3. The molecule has 4 heteroatoms. The molecule has 2 aromatic rings. The number of anilines is 1. The molecule has 1 saturated carbocycles. The molecule has 4 nitrogen and oxygen atoms in total. The van der Waals surface area contributed by atoms with Crippen LogP contribution in [0.5, 0.6) is 0 Å². The zero-order valence-corrected chi connectivity index (χ0v) is 12.4. The van der Waals surface area contributed by atoms with E-state index in [1.807, 2.05) is 42.1 Å². The third-order valence-corrected chi connectivity index (χ3v) is 4.38. The quantitative estimate of drug-likeness (QED) is 0.691. The number of hydrogen-bond donors (Lipinski definition) is 1. The summed E-state index contributed by atoms with van der Waals surface area (Å²) in [6.07, 6.45) is 7.30. The number of nitrogens with zero attached hydrogens (tertiary/aromatic N) is 2. The predicted molar refractivity (Wildman–Crippen MR) is 83.4 cm³/mol. The molecule has 1 aromatic carbocycles. The Hall–Kier alpha value is -2.10. The van der Waals surface area contributed by atoms with E-state index in [0.717, 1.165) is 11.3 Å². The highest BCUT2D eigenvalue weighted by Gasteiger charge is 2.18. The lowest BCUT2D eigenvalue weighted by molar-refractivity contribution is 0.0991. The first kappa shape index (κ1) is 13.9. The van der Waals surface area contributed by atoms with Crippen molar-refractivity contribution in [2.24, 2.45) is 0 Å². The van der Waals surface area contributed by atoms with E-state index in [4.69, 9.17) is 5.73 Å². The van der Waals surface area contributed by atoms with E-state index in [-0.39, 0.29) is 5.78 Å². The summed E-state index contributed by atoms with van der Waals surface area (Å²) >= 11 is 0. The van der Waals surface area contributed by atoms with Crippen LogP contribution < -0.4 is 5.73 Å². The summed E-state index contributed by atoms with van der Waals surface area (Å²) in [5.74, 6) is 0.0801. The molecule has 1 fully saturated rings. The standard InChI is InChI=1S/C17H21N3O/c1-12-15(7-4-8-16(12)18)17(21)11-13-9-10-20(19-13)14-5-2-3-6-14/h4,7-10,14H,2-3,5-6,11,18H2,1H3. The second-order valence-corrected chi connectivity index (χ2v) is 5.85. The van der Waals surface area contributed by atoms with Crippen LogP contribution in [0.15, 0.2) is 30.5 Å². The Morgan fingerprint density at radius 1 is 1.33 bits per heavy atom. The summed E-state index contributed by atoms with van der Waals surface area (Å²) in [4.78, 5) is 12.4. The Morgan fingerprint density at radius 3 is 2.86 bits per heavy atom. The summed E-state index contributed by atoms with van der Waals surface area (Å²) in [6.45, 7) is 1.89. The maximum atomic E-state index is 12.4. The lowest BCUT2D eigenvalue weighted by atomic mass is 10.0. The monoisotopic (exact) mass is 283 g/mol. The maximum Gasteiger partial charge on any atom is 0.169 e. The van der Waals surface area contributed by atoms with E-state index < -0.39 is 0 Å². The maximum absolute atomic E-state index is 12.4. The molecule has 0 bridgehead atoms. The lowest BCUT2D eigenvalue weighted by Crippen LogP contribution is -2.09. The molecule has 2 N–H and O–H groups in total. The smallest absolute Gasteiger partial charge is 0.169 e. The minimum Gasteiger partial charge on any atom is -0.398 e. The van der Waals surface area contributed by atoms with Gasteiger partial charge in [-0.15, -0.1) is 0 Å². The van der Waals surface area contributed by atoms with Crippen molar-refractivity contribution in [2.75, 3.05) is 5.73 Å². The van der Waals surface area contributed by atoms with Gasteiger partial charge in [0.25, 0.3) is 0 Å². The molecule has 21 heavy (non-hydrogen) atoms. The molecule has 1 heterocycles. The van der Waals surface area contributed by atoms with Crippen molar-refractivity contribution < 1.29 is 4.79 Å². The van der Waals surface area contributed by atoms with E-state index >= 15 is 0 Å². The fraction of sp³-hybridized carbons (Fsp3) is 0.412. The number of nitrogens with two attached hydrogens (primary N) is 1. The Bertz CT molecular complexity index is 654. The van der Waals surface area contributed by atoms with Crippen molar-refractivity contribution in [1.29, 1.82) is 0 Å². The van der Waals surface area contributed by atoms with Crippen LogP contribution in [0.2, 0.25) is 0 Å². The van der Waals surface area contributed by atoms with Gasteiger partial charge in [0.05, 0.1) is 18.2 Å². The first-order chi connectivity index (χ1) is 10.1. The van der Waals surface area contributed by atoms with Gasteiger partial charge in [0, 0.05) is 17.4 Å². The van der Waals surface area contributed by atoms with Gasteiger partial charge >= 0.3 is 0 Å². The fourth-order valence-corrected chi connectivity index (χ4v) is 3.06. The molecule has 0 amide bonds. The van der Waals surface area contributed by atoms with Crippen molar-refractivity contribution in [2.45, 2.75) is 45.1 Å². The molecule has 0 atom stereocenters. The van der Waals surface area contributed by atoms with Crippen molar-refractivity contribution in [1.82, 2.24) is 9.78 Å². The minimum atomic E-state index is 0.0801. The number of nitrogen functional groups attached to an aromatic ring is 1. The van der Waals surface area contributed by atoms with Crippen LogP contribution in [0.4, 0.5) is 5.69 Å². The van der Waals surface area contributed by atoms with Gasteiger partial charge in [0.2, 0.25) is 0 Å². The van der Waals surface area contributed by atoms with Gasteiger partial charge in [-0.1, -0.05) is 25.0 Å². The zero-order chi connectivity index (χ0) is 14.8. The Kier molecular flexibility index (Phi) is 3.78. The average molecular weight is 283 g/mol. The Balaban J connectivity index is 1.74. The van der Waals surface area contributed by atoms with E-state index in [0.29, 0.717) is 23.7 Å². The highest BCUT2D eigenvalue weighted by molar-refractivity contribution is 5.99. The first-order valence-corrected chi connectivity index (χ1v) is 7.57. The molecule has 110 valence electrons. The molecule has 1 aliphatic carbocycles. The van der Waals surface area contributed by atoms with Gasteiger partial charge in [0.1, 0.15) is 0 Å². The molecular formula is C17H21N3O.